The van der Waals surface area contributed by atoms with E-state index >= 15 is 0 Å². The number of phenolic OH excluding ortho intramolecular Hbond substituents is 2. The number of carbonyl (C=O) groups is 1. The minimum atomic E-state index is -5.12. The van der Waals surface area contributed by atoms with Gasteiger partial charge in [-0.2, -0.15) is 81.2 Å². The molecule has 2 amide bonds. The van der Waals surface area contributed by atoms with Crippen LogP contribution >= 0.6 is 0 Å². The number of fused-ring (bicyclic) bond motifs is 4. The number of hydrogen-bond acceptors (Lipinski definition) is 23. The Labute approximate surface area is 506 Å². The Hall–Kier alpha value is -10.0. The Balaban J connectivity index is 0.818. The standard InChI is InChI=1S/C53H36N10O21S6/c64-51-41-15-13-35(17-29(41)21-47(89(79,80)81)49(51)62-58-33-9-5-31(6-10-33)56-60-37-3-1-27-19-39(85(67,68)69)25-45(43(27)23-37)87(73,74)75)54-53(66)55-36-14-16-42-30(18-36)22-48(90(82,83)84)50(52(42)65)63-59-34-11-7-32(8-12-34)57-61-38-4-2-28-20-40(86(70,71)72)26-46(44(28)24-38)88(76,77)78/h1-26,64-65H,(H2,54,55,66)(H,67,68,69)(H,70,71,72)(H,73,74,75)(H,76,77,78)(H,79,80,81)(H,82,83,84). The van der Waals surface area contributed by atoms with Crippen LogP contribution in [-0.4, -0.2) is 94.1 Å². The number of hydrogen-bond donors (Lipinski definition) is 10. The largest absolute Gasteiger partial charge is 0.505 e. The Kier molecular flexibility index (Phi) is 16.4. The first kappa shape index (κ1) is 63.0. The zero-order valence-electron chi connectivity index (χ0n) is 44.4. The average Bonchev–Trinajstić information content (AvgIpc) is 0.798. The zero-order chi connectivity index (χ0) is 65.0. The third kappa shape index (κ3) is 13.9. The predicted octanol–water partition coefficient (Wildman–Crippen LogP) is 12.5. The molecule has 0 aromatic heterocycles. The smallest absolute Gasteiger partial charge is 0.323 e. The second-order valence-electron chi connectivity index (χ2n) is 18.9. The molecule has 0 bridgehead atoms. The highest BCUT2D eigenvalue weighted by Crippen LogP contribution is 2.44. The number of aromatic hydroxyl groups is 2. The molecule has 10 rings (SSSR count). The van der Waals surface area contributed by atoms with Gasteiger partial charge in [-0.3, -0.25) is 27.3 Å². The van der Waals surface area contributed by atoms with E-state index in [1.807, 2.05) is 0 Å². The van der Waals surface area contributed by atoms with Crippen molar-refractivity contribution in [3.63, 3.8) is 0 Å². The van der Waals surface area contributed by atoms with Crippen LogP contribution in [0.2, 0.25) is 0 Å². The van der Waals surface area contributed by atoms with Crippen molar-refractivity contribution in [2.45, 2.75) is 29.4 Å². The van der Waals surface area contributed by atoms with Crippen LogP contribution in [0.1, 0.15) is 0 Å². The van der Waals surface area contributed by atoms with E-state index in [0.29, 0.717) is 12.1 Å². The first-order valence-electron chi connectivity index (χ1n) is 24.6. The molecule has 0 spiro atoms. The number of rotatable bonds is 16. The van der Waals surface area contributed by atoms with Crippen molar-refractivity contribution in [3.05, 3.63) is 158 Å². The molecule has 0 aliphatic rings. The summed E-state index contributed by atoms with van der Waals surface area (Å²) in [6.07, 6.45) is 0. The molecule has 0 heterocycles. The van der Waals surface area contributed by atoms with Crippen molar-refractivity contribution in [1.82, 2.24) is 0 Å². The fourth-order valence-electron chi connectivity index (χ4n) is 8.78. The molecule has 31 nitrogen and oxygen atoms in total. The Morgan fingerprint density at radius 1 is 0.289 bits per heavy atom. The Morgan fingerprint density at radius 2 is 0.589 bits per heavy atom. The number of nitrogens with one attached hydrogen (secondary N) is 2. The Morgan fingerprint density at radius 3 is 0.900 bits per heavy atom. The van der Waals surface area contributed by atoms with Crippen LogP contribution < -0.4 is 10.6 Å². The summed E-state index contributed by atoms with van der Waals surface area (Å²) in [6, 6.07) is 30.5. The maximum Gasteiger partial charge on any atom is 0.323 e. The Bertz CT molecular complexity index is 5240. The van der Waals surface area contributed by atoms with Gasteiger partial charge in [0.05, 0.1) is 43.9 Å². The second-order valence-corrected chi connectivity index (χ2v) is 27.3. The topological polar surface area (TPSA) is 507 Å². The van der Waals surface area contributed by atoms with E-state index in [-0.39, 0.29) is 88.6 Å². The SMILES string of the molecule is O=C(Nc1ccc2c(O)c(N=Nc3ccc(N=Nc4ccc5cc(S(=O)(=O)O)cc(S(=O)(=O)O)c5c4)cc3)c(S(=O)(=O)O)cc2c1)Nc1ccc2c(O)c(N=Nc3ccc(N=Nc4ccc5cc(S(=O)(=O)O)cc(S(=O)(=O)O)c5c4)cc3)c(S(=O)(=O)O)cc2c1. The molecule has 37 heteroatoms. The van der Waals surface area contributed by atoms with E-state index in [1.54, 1.807) is 0 Å². The van der Waals surface area contributed by atoms with Gasteiger partial charge < -0.3 is 20.8 Å². The predicted molar refractivity (Wildman–Crippen MR) is 320 cm³/mol. The summed E-state index contributed by atoms with van der Waals surface area (Å²) in [5, 5.41) is 59.2. The summed E-state index contributed by atoms with van der Waals surface area (Å²) in [6.45, 7) is 0. The lowest BCUT2D eigenvalue weighted by Crippen LogP contribution is -2.19. The molecule has 10 aromatic carbocycles. The first-order valence-corrected chi connectivity index (χ1v) is 33.3. The number of urea groups is 1. The number of benzene rings is 10. The van der Waals surface area contributed by atoms with E-state index < -0.39 is 119 Å². The van der Waals surface area contributed by atoms with Gasteiger partial charge >= 0.3 is 6.03 Å². The first-order chi connectivity index (χ1) is 42.1. The molecule has 0 saturated carbocycles. The molecule has 460 valence electrons. The fraction of sp³-hybridized carbons (Fsp3) is 0. The molecular weight excluding hydrogens is 1310 g/mol. The van der Waals surface area contributed by atoms with E-state index in [0.717, 1.165) is 24.3 Å². The molecule has 0 fully saturated rings. The summed E-state index contributed by atoms with van der Waals surface area (Å²) in [5.41, 5.74) is -0.613. The molecule has 0 saturated heterocycles. The number of azo groups is 4. The van der Waals surface area contributed by atoms with Crippen LogP contribution in [0.15, 0.2) is 228 Å². The van der Waals surface area contributed by atoms with Crippen molar-refractivity contribution in [1.29, 1.82) is 0 Å². The van der Waals surface area contributed by atoms with Crippen molar-refractivity contribution in [2.75, 3.05) is 10.6 Å². The van der Waals surface area contributed by atoms with Gasteiger partial charge in [-0.1, -0.05) is 12.1 Å². The lowest BCUT2D eigenvalue weighted by atomic mass is 10.1. The van der Waals surface area contributed by atoms with Crippen LogP contribution in [0.5, 0.6) is 11.5 Å². The highest BCUT2D eigenvalue weighted by Gasteiger charge is 2.26. The van der Waals surface area contributed by atoms with Gasteiger partial charge in [0.15, 0.2) is 11.5 Å². The molecule has 0 radical (unpaired) electrons. The van der Waals surface area contributed by atoms with Crippen molar-refractivity contribution in [2.24, 2.45) is 40.9 Å². The molecule has 10 N–H and O–H groups in total. The maximum absolute atomic E-state index is 13.3. The molecule has 0 aliphatic heterocycles. The lowest BCUT2D eigenvalue weighted by Gasteiger charge is -2.13. The van der Waals surface area contributed by atoms with Gasteiger partial charge in [-0.25, -0.2) is 4.79 Å². The average molecular weight is 1340 g/mol. The van der Waals surface area contributed by atoms with Crippen molar-refractivity contribution in [3.8, 4) is 11.5 Å². The number of amides is 2. The van der Waals surface area contributed by atoms with Crippen LogP contribution in [0.4, 0.5) is 61.7 Å². The van der Waals surface area contributed by atoms with Crippen molar-refractivity contribution < 1.29 is 92.8 Å². The minimum absolute atomic E-state index is 0.0113. The van der Waals surface area contributed by atoms with E-state index in [1.165, 1.54) is 121 Å². The van der Waals surface area contributed by atoms with Gasteiger partial charge in [-0.15, -0.1) is 10.2 Å². The summed E-state index contributed by atoms with van der Waals surface area (Å²) >= 11 is 0. The molecule has 10 aromatic rings. The summed E-state index contributed by atoms with van der Waals surface area (Å²) < 4.78 is 205. The monoisotopic (exact) mass is 1340 g/mol. The van der Waals surface area contributed by atoms with Crippen LogP contribution in [0, 0.1) is 0 Å². The van der Waals surface area contributed by atoms with Gasteiger partial charge in [-0.05, 0) is 167 Å². The zero-order valence-corrected chi connectivity index (χ0v) is 49.3. The lowest BCUT2D eigenvalue weighted by molar-refractivity contribution is 0.262. The maximum atomic E-state index is 13.3. The van der Waals surface area contributed by atoms with E-state index in [9.17, 15) is 92.8 Å². The fourth-order valence-corrected chi connectivity index (χ4v) is 12.8. The van der Waals surface area contributed by atoms with Gasteiger partial charge in [0.25, 0.3) is 60.7 Å². The molecular formula is C53H36N10O21S6. The summed E-state index contributed by atoms with van der Waals surface area (Å²) in [7, 11) is -29.9. The summed E-state index contributed by atoms with van der Waals surface area (Å²) in [5.74, 6) is -1.49. The van der Waals surface area contributed by atoms with Crippen LogP contribution in [-0.2, 0) is 60.7 Å². The normalized spacial score (nSPS) is 13.0. The third-order valence-electron chi connectivity index (χ3n) is 12.9. The highest BCUT2D eigenvalue weighted by molar-refractivity contribution is 7.87. The number of nitrogens with zero attached hydrogens (tertiary/aromatic N) is 8. The van der Waals surface area contributed by atoms with E-state index in [4.69, 9.17) is 0 Å². The summed E-state index contributed by atoms with van der Waals surface area (Å²) in [4.78, 5) is 8.35. The third-order valence-corrected chi connectivity index (χ3v) is 18.0. The molecule has 0 atom stereocenters. The molecule has 0 unspecified atom stereocenters. The highest BCUT2D eigenvalue weighted by atomic mass is 32.2. The number of anilines is 2. The number of phenols is 2. The minimum Gasteiger partial charge on any atom is -0.505 e. The quantitative estimate of drug-likeness (QED) is 0.0317. The molecule has 90 heavy (non-hydrogen) atoms. The number of carbonyl (C=O) groups excluding carboxylic acids is 1. The van der Waals surface area contributed by atoms with Gasteiger partial charge in [0, 0.05) is 32.9 Å². The molecule has 0 aliphatic carbocycles. The van der Waals surface area contributed by atoms with Gasteiger partial charge in [0.1, 0.15) is 31.0 Å². The van der Waals surface area contributed by atoms with Crippen LogP contribution in [0.25, 0.3) is 43.1 Å². The van der Waals surface area contributed by atoms with E-state index in [2.05, 4.69) is 51.5 Å². The van der Waals surface area contributed by atoms with Gasteiger partial charge in [0.2, 0.25) is 0 Å². The van der Waals surface area contributed by atoms with Crippen LogP contribution in [0.3, 0.4) is 0 Å². The second kappa shape index (κ2) is 23.5. The van der Waals surface area contributed by atoms with Crippen molar-refractivity contribution >= 4 is 167 Å².